The maximum atomic E-state index is 15.6. The summed E-state index contributed by atoms with van der Waals surface area (Å²) in [6, 6.07) is 6.59. The lowest BCUT2D eigenvalue weighted by Gasteiger charge is -2.36. The zero-order valence-corrected chi connectivity index (χ0v) is 25.9. The molecule has 1 saturated heterocycles. The number of rotatable bonds is 7. The molecule has 3 heterocycles. The molecule has 2 aliphatic heterocycles. The maximum Gasteiger partial charge on any atom is 0.362 e. The van der Waals surface area contributed by atoms with Crippen molar-refractivity contribution in [3.05, 3.63) is 78.9 Å². The second-order valence-corrected chi connectivity index (χ2v) is 13.3. The maximum absolute atomic E-state index is 15.6. The predicted molar refractivity (Wildman–Crippen MR) is 161 cm³/mol. The van der Waals surface area contributed by atoms with Crippen molar-refractivity contribution in [2.45, 2.75) is 47.5 Å². The van der Waals surface area contributed by atoms with Crippen molar-refractivity contribution in [1.29, 1.82) is 0 Å². The number of aromatic amines is 1. The third-order valence-electron chi connectivity index (χ3n) is 7.84. The number of fused-ring (bicyclic) bond motifs is 1. The summed E-state index contributed by atoms with van der Waals surface area (Å²) < 4.78 is 43.7. The van der Waals surface area contributed by atoms with Crippen LogP contribution in [0.4, 0.5) is 23.7 Å². The summed E-state index contributed by atoms with van der Waals surface area (Å²) in [5, 5.41) is 7.16. The van der Waals surface area contributed by atoms with E-state index in [4.69, 9.17) is 34.8 Å². The monoisotopic (exact) mass is 686 g/mol. The van der Waals surface area contributed by atoms with Crippen LogP contribution in [0.15, 0.2) is 44.9 Å². The molecule has 1 aliphatic carbocycles. The number of pyridine rings is 1. The van der Waals surface area contributed by atoms with Crippen LogP contribution in [-0.2, 0) is 18.5 Å². The Kier molecular flexibility index (Phi) is 8.23. The highest BCUT2D eigenvalue weighted by atomic mass is 35.5. The number of anilines is 1. The van der Waals surface area contributed by atoms with E-state index in [9.17, 15) is 28.3 Å². The number of halogens is 6. The third-order valence-corrected chi connectivity index (χ3v) is 10.1. The molecule has 3 amide bonds. The number of phenols is 1. The van der Waals surface area contributed by atoms with E-state index in [0.29, 0.717) is 31.0 Å². The number of alkyl halides is 3. The van der Waals surface area contributed by atoms with Gasteiger partial charge < -0.3 is 19.9 Å². The van der Waals surface area contributed by atoms with Gasteiger partial charge in [-0.05, 0) is 66.6 Å². The fraction of sp³-hybridized carbons (Fsp3) is 0.345. The first kappa shape index (κ1) is 30.9. The third kappa shape index (κ3) is 5.84. The topological polar surface area (TPSA) is 97.0 Å². The summed E-state index contributed by atoms with van der Waals surface area (Å²) in [4.78, 5) is 46.3. The molecule has 2 N–H and O–H groups in total. The second kappa shape index (κ2) is 11.7. The minimum atomic E-state index is -3.96. The van der Waals surface area contributed by atoms with Crippen molar-refractivity contribution in [3.8, 4) is 5.75 Å². The fourth-order valence-electron chi connectivity index (χ4n) is 5.44. The molecule has 15 heteroatoms. The second-order valence-electron chi connectivity index (χ2n) is 10.9. The molecule has 0 bridgehead atoms. The van der Waals surface area contributed by atoms with Crippen molar-refractivity contribution in [1.82, 2.24) is 14.8 Å². The Labute approximate surface area is 268 Å². The molecule has 44 heavy (non-hydrogen) atoms. The van der Waals surface area contributed by atoms with Crippen molar-refractivity contribution in [2.75, 3.05) is 24.5 Å². The normalized spacial score (nSPS) is 17.0. The minimum absolute atomic E-state index is 0.00260. The minimum Gasteiger partial charge on any atom is -0.503 e. The average molecular weight is 688 g/mol. The fourth-order valence-corrected chi connectivity index (χ4v) is 7.18. The largest absolute Gasteiger partial charge is 0.503 e. The van der Waals surface area contributed by atoms with Gasteiger partial charge in [0.15, 0.2) is 11.6 Å². The number of nitrogens with zero attached hydrogens (tertiary/aromatic N) is 3. The number of urea groups is 1. The smallest absolute Gasteiger partial charge is 0.362 e. The number of aromatic nitrogens is 1. The molecule has 0 unspecified atom stereocenters. The summed E-state index contributed by atoms with van der Waals surface area (Å²) >= 11 is 18.5. The molecule has 1 saturated carbocycles. The molecular weight excluding hydrogens is 664 g/mol. The van der Waals surface area contributed by atoms with Gasteiger partial charge in [-0.2, -0.15) is 8.78 Å². The Bertz CT molecular complexity index is 1730. The molecule has 1 aromatic heterocycles. The number of amides is 3. The van der Waals surface area contributed by atoms with Gasteiger partial charge in [0.05, 0.1) is 15.7 Å². The Hall–Kier alpha value is -3.06. The first-order chi connectivity index (χ1) is 20.8. The number of aromatic hydroxyl groups is 1. The average Bonchev–Trinajstić information content (AvgIpc) is 3.68. The van der Waals surface area contributed by atoms with Crippen LogP contribution >= 0.6 is 46.6 Å². The first-order valence-electron chi connectivity index (χ1n) is 13.7. The van der Waals surface area contributed by atoms with E-state index >= 15 is 4.39 Å². The number of phenolic OH excluding ortho intramolecular Hbond substituents is 1. The van der Waals surface area contributed by atoms with Gasteiger partial charge in [0.1, 0.15) is 11.3 Å². The molecule has 3 aromatic rings. The molecule has 8 nitrogen and oxygen atoms in total. The number of H-pyrrole nitrogens is 1. The number of hydrogen-bond donors (Lipinski definition) is 2. The first-order valence-corrected chi connectivity index (χ1v) is 15.6. The van der Waals surface area contributed by atoms with E-state index in [1.807, 2.05) is 4.98 Å². The van der Waals surface area contributed by atoms with Crippen LogP contribution < -0.4 is 10.5 Å². The highest BCUT2D eigenvalue weighted by Crippen LogP contribution is 2.43. The van der Waals surface area contributed by atoms with Crippen LogP contribution in [0.25, 0.3) is 0 Å². The molecule has 6 rings (SSSR count). The van der Waals surface area contributed by atoms with Gasteiger partial charge in [0.2, 0.25) is 0 Å². The van der Waals surface area contributed by atoms with Crippen LogP contribution in [0, 0.1) is 11.7 Å². The number of carbonyl (C=O) groups excluding carboxylic acids is 2. The van der Waals surface area contributed by atoms with Crippen LogP contribution in [0.5, 0.6) is 5.75 Å². The molecule has 2 aromatic carbocycles. The number of nitrogens with one attached hydrogen (secondary N) is 1. The lowest BCUT2D eigenvalue weighted by molar-refractivity contribution is 0.0739. The van der Waals surface area contributed by atoms with Gasteiger partial charge in [-0.15, -0.1) is 0 Å². The zero-order valence-electron chi connectivity index (χ0n) is 22.8. The Morgan fingerprint density at radius 1 is 1.11 bits per heavy atom. The highest BCUT2D eigenvalue weighted by Gasteiger charge is 2.38. The Morgan fingerprint density at radius 3 is 2.48 bits per heavy atom. The standard InChI is InChI=1S/C29H24Cl3F3N4O4S/c30-17-3-1-4-18(31)25(17)44-20-10-21(29(32,34)35)36-26(41)22(20)27(42)38-12-15-9-19(24(40)23(33)16(15)13-38)39-8-2-7-37(28(39)43)11-14-5-6-14/h1,3-4,9-10,14,40H,2,5-8,11-13H2,(H,36,41). The number of benzene rings is 2. The van der Waals surface area contributed by atoms with E-state index in [0.717, 1.165) is 35.6 Å². The van der Waals surface area contributed by atoms with Crippen LogP contribution in [0.3, 0.4) is 0 Å². The van der Waals surface area contributed by atoms with Crippen molar-refractivity contribution in [2.24, 2.45) is 5.92 Å². The Balaban J connectivity index is 1.33. The van der Waals surface area contributed by atoms with Crippen LogP contribution in [-0.4, -0.2) is 51.5 Å². The van der Waals surface area contributed by atoms with Crippen LogP contribution in [0.2, 0.25) is 10.0 Å². The van der Waals surface area contributed by atoms with Gasteiger partial charge in [0, 0.05) is 48.1 Å². The van der Waals surface area contributed by atoms with Gasteiger partial charge in [-0.25, -0.2) is 9.18 Å². The van der Waals surface area contributed by atoms with E-state index in [1.165, 1.54) is 23.1 Å². The highest BCUT2D eigenvalue weighted by molar-refractivity contribution is 7.99. The molecule has 0 radical (unpaired) electrons. The van der Waals surface area contributed by atoms with Crippen LogP contribution in [0.1, 0.15) is 46.4 Å². The van der Waals surface area contributed by atoms with Gasteiger partial charge in [-0.3, -0.25) is 14.5 Å². The van der Waals surface area contributed by atoms with E-state index in [-0.39, 0.29) is 56.8 Å². The summed E-state index contributed by atoms with van der Waals surface area (Å²) in [5.41, 5.74) is -2.25. The number of hydrogen-bond acceptors (Lipinski definition) is 5. The molecule has 2 fully saturated rings. The van der Waals surface area contributed by atoms with Crippen molar-refractivity contribution >= 4 is 64.2 Å². The summed E-state index contributed by atoms with van der Waals surface area (Å²) in [6.07, 6.45) is 2.74. The lowest BCUT2D eigenvalue weighted by Crippen LogP contribution is -2.50. The summed E-state index contributed by atoms with van der Waals surface area (Å²) in [5.74, 6) is -2.13. The summed E-state index contributed by atoms with van der Waals surface area (Å²) in [7, 11) is 0. The van der Waals surface area contributed by atoms with Crippen molar-refractivity contribution < 1.29 is 27.9 Å². The van der Waals surface area contributed by atoms with E-state index in [2.05, 4.69) is 0 Å². The molecular formula is C29H24Cl3F3N4O4S. The van der Waals surface area contributed by atoms with Gasteiger partial charge in [-0.1, -0.05) is 41.0 Å². The molecule has 232 valence electrons. The summed E-state index contributed by atoms with van der Waals surface area (Å²) in [6.45, 7) is 0.974. The van der Waals surface area contributed by atoms with Gasteiger partial charge in [0.25, 0.3) is 11.5 Å². The van der Waals surface area contributed by atoms with Crippen molar-refractivity contribution in [3.63, 3.8) is 0 Å². The quantitative estimate of drug-likeness (QED) is 0.257. The SMILES string of the molecule is O=C(c1c(Sc2c(Cl)cccc2Cl)cc(C(F)(F)Cl)[nH]c1=O)N1Cc2cc(N3CCCN(CC4CC4)C3=O)c(O)c(F)c2C1. The van der Waals surface area contributed by atoms with E-state index < -0.39 is 39.7 Å². The zero-order chi connectivity index (χ0) is 31.5. The lowest BCUT2D eigenvalue weighted by atomic mass is 10.1. The van der Waals surface area contributed by atoms with E-state index in [1.54, 1.807) is 11.0 Å². The molecule has 0 atom stereocenters. The van der Waals surface area contributed by atoms with Gasteiger partial charge >= 0.3 is 11.4 Å². The molecule has 0 spiro atoms. The predicted octanol–water partition coefficient (Wildman–Crippen LogP) is 7.16. The number of carbonyl (C=O) groups is 2. The molecule has 3 aliphatic rings. The Morgan fingerprint density at radius 2 is 1.82 bits per heavy atom.